The van der Waals surface area contributed by atoms with Gasteiger partial charge in [-0.25, -0.2) is 0 Å². The van der Waals surface area contributed by atoms with Gasteiger partial charge in [-0.3, -0.25) is 0 Å². The van der Waals surface area contributed by atoms with Gasteiger partial charge in [-0.1, -0.05) is 18.2 Å². The summed E-state index contributed by atoms with van der Waals surface area (Å²) in [6.45, 7) is 1.15. The molecule has 2 aromatic carbocycles. The molecule has 4 aliphatic carbocycles. The van der Waals surface area contributed by atoms with Crippen LogP contribution in [0.3, 0.4) is 0 Å². The quantitative estimate of drug-likeness (QED) is 0.713. The Hall–Kier alpha value is -1.96. The number of para-hydroxylation sites is 1. The molecule has 0 heterocycles. The van der Waals surface area contributed by atoms with E-state index >= 15 is 0 Å². The molecule has 1 N–H and O–H groups in total. The van der Waals surface area contributed by atoms with Gasteiger partial charge in [-0.05, 0) is 98.1 Å². The fraction of sp³-hybridized carbons (Fsp3) is 0.478. The Morgan fingerprint density at radius 2 is 1.32 bits per heavy atom. The van der Waals surface area contributed by atoms with Crippen molar-refractivity contribution < 1.29 is 4.74 Å². The zero-order chi connectivity index (χ0) is 16.7. The summed E-state index contributed by atoms with van der Waals surface area (Å²) in [7, 11) is 0. The maximum absolute atomic E-state index is 5.88. The molecule has 130 valence electrons. The van der Waals surface area contributed by atoms with E-state index in [-0.39, 0.29) is 0 Å². The molecule has 0 spiro atoms. The molecule has 0 aromatic heterocycles. The second-order valence-electron chi connectivity index (χ2n) is 8.71. The highest BCUT2D eigenvalue weighted by Gasteiger charge is 2.50. The van der Waals surface area contributed by atoms with Crippen LogP contribution in [0.1, 0.15) is 38.5 Å². The molecule has 4 fully saturated rings. The molecule has 0 saturated heterocycles. The number of ether oxygens (including phenoxy) is 1. The molecule has 0 atom stereocenters. The summed E-state index contributed by atoms with van der Waals surface area (Å²) >= 11 is 0. The first-order valence-corrected chi connectivity index (χ1v) is 9.83. The van der Waals surface area contributed by atoms with Crippen molar-refractivity contribution in [1.82, 2.24) is 0 Å². The van der Waals surface area contributed by atoms with Crippen molar-refractivity contribution in [2.24, 2.45) is 23.2 Å². The number of benzene rings is 2. The molecule has 6 rings (SSSR count). The molecule has 4 bridgehead atoms. The molecular formula is C23H27NO. The second kappa shape index (κ2) is 6.09. The van der Waals surface area contributed by atoms with E-state index in [4.69, 9.17) is 4.74 Å². The Labute approximate surface area is 150 Å². The third-order valence-electron chi connectivity index (χ3n) is 6.67. The van der Waals surface area contributed by atoms with Crippen molar-refractivity contribution in [1.29, 1.82) is 0 Å². The van der Waals surface area contributed by atoms with E-state index in [2.05, 4.69) is 29.6 Å². The fourth-order valence-electron chi connectivity index (χ4n) is 6.06. The zero-order valence-electron chi connectivity index (χ0n) is 14.8. The summed E-state index contributed by atoms with van der Waals surface area (Å²) < 4.78 is 5.88. The van der Waals surface area contributed by atoms with Gasteiger partial charge < -0.3 is 10.1 Å². The Balaban J connectivity index is 1.22. The Morgan fingerprint density at radius 3 is 1.92 bits per heavy atom. The minimum absolute atomic E-state index is 0.577. The summed E-state index contributed by atoms with van der Waals surface area (Å²) in [5.74, 6) is 4.85. The fourth-order valence-corrected chi connectivity index (χ4v) is 6.06. The van der Waals surface area contributed by atoms with E-state index < -0.39 is 0 Å². The van der Waals surface area contributed by atoms with E-state index in [0.29, 0.717) is 5.41 Å². The maximum Gasteiger partial charge on any atom is 0.127 e. The first-order valence-electron chi connectivity index (χ1n) is 9.83. The average Bonchev–Trinajstić information content (AvgIpc) is 2.61. The highest BCUT2D eigenvalue weighted by molar-refractivity contribution is 5.47. The van der Waals surface area contributed by atoms with Crippen molar-refractivity contribution in [2.45, 2.75) is 38.5 Å². The standard InChI is InChI=1S/C23H27NO/c1-2-4-21(5-3-1)25-22-8-6-20(7-9-22)24-16-23-13-17-10-18(14-23)12-19(11-17)15-23/h1-9,17-19,24H,10-16H2. The number of nitrogens with one attached hydrogen (secondary N) is 1. The van der Waals surface area contributed by atoms with E-state index in [1.54, 1.807) is 0 Å². The van der Waals surface area contributed by atoms with Crippen molar-refractivity contribution in [3.05, 3.63) is 54.6 Å². The van der Waals surface area contributed by atoms with Gasteiger partial charge in [0.05, 0.1) is 0 Å². The number of anilines is 1. The van der Waals surface area contributed by atoms with Gasteiger partial charge in [0.15, 0.2) is 0 Å². The molecule has 4 aliphatic rings. The highest BCUT2D eigenvalue weighted by atomic mass is 16.5. The van der Waals surface area contributed by atoms with Crippen LogP contribution in [0.25, 0.3) is 0 Å². The molecule has 0 unspecified atom stereocenters. The van der Waals surface area contributed by atoms with E-state index in [0.717, 1.165) is 35.8 Å². The number of hydrogen-bond donors (Lipinski definition) is 1. The Bertz CT molecular complexity index is 686. The first kappa shape index (κ1) is 15.3. The van der Waals surface area contributed by atoms with Gasteiger partial charge in [-0.2, -0.15) is 0 Å². The normalized spacial score (nSPS) is 32.6. The Morgan fingerprint density at radius 1 is 0.760 bits per heavy atom. The third-order valence-corrected chi connectivity index (χ3v) is 6.67. The second-order valence-corrected chi connectivity index (χ2v) is 8.71. The molecule has 0 aliphatic heterocycles. The Kier molecular flexibility index (Phi) is 3.73. The summed E-state index contributed by atoms with van der Waals surface area (Å²) in [5.41, 5.74) is 1.80. The van der Waals surface area contributed by atoms with Crippen LogP contribution in [-0.4, -0.2) is 6.54 Å². The minimum atomic E-state index is 0.577. The zero-order valence-corrected chi connectivity index (χ0v) is 14.8. The van der Waals surface area contributed by atoms with Crippen LogP contribution in [0.2, 0.25) is 0 Å². The molecule has 2 aromatic rings. The molecule has 25 heavy (non-hydrogen) atoms. The van der Waals surface area contributed by atoms with Crippen molar-refractivity contribution in [2.75, 3.05) is 11.9 Å². The molecular weight excluding hydrogens is 306 g/mol. The van der Waals surface area contributed by atoms with Gasteiger partial charge >= 0.3 is 0 Å². The van der Waals surface area contributed by atoms with Crippen molar-refractivity contribution >= 4 is 5.69 Å². The van der Waals surface area contributed by atoms with Crippen LogP contribution >= 0.6 is 0 Å². The summed E-state index contributed by atoms with van der Waals surface area (Å²) in [5, 5.41) is 3.74. The molecule has 2 heteroatoms. The first-order chi connectivity index (χ1) is 12.3. The minimum Gasteiger partial charge on any atom is -0.457 e. The van der Waals surface area contributed by atoms with Crippen LogP contribution in [-0.2, 0) is 0 Å². The summed E-state index contributed by atoms with van der Waals surface area (Å²) in [4.78, 5) is 0. The van der Waals surface area contributed by atoms with Crippen LogP contribution in [0.4, 0.5) is 5.69 Å². The van der Waals surface area contributed by atoms with Crippen LogP contribution < -0.4 is 10.1 Å². The number of hydrogen-bond acceptors (Lipinski definition) is 2. The summed E-state index contributed by atoms with van der Waals surface area (Å²) in [6, 6.07) is 18.4. The van der Waals surface area contributed by atoms with Crippen LogP contribution in [0.5, 0.6) is 11.5 Å². The summed E-state index contributed by atoms with van der Waals surface area (Å²) in [6.07, 6.45) is 8.93. The monoisotopic (exact) mass is 333 g/mol. The molecule has 4 saturated carbocycles. The largest absolute Gasteiger partial charge is 0.457 e. The number of rotatable bonds is 5. The van der Waals surface area contributed by atoms with E-state index in [1.165, 1.54) is 44.2 Å². The van der Waals surface area contributed by atoms with Crippen LogP contribution in [0, 0.1) is 23.2 Å². The van der Waals surface area contributed by atoms with Gasteiger partial charge in [0.2, 0.25) is 0 Å². The van der Waals surface area contributed by atoms with Crippen molar-refractivity contribution in [3.63, 3.8) is 0 Å². The third kappa shape index (κ3) is 3.15. The lowest BCUT2D eigenvalue weighted by Gasteiger charge is -2.57. The molecule has 0 radical (unpaired) electrons. The lowest BCUT2D eigenvalue weighted by molar-refractivity contribution is -0.0444. The average molecular weight is 333 g/mol. The van der Waals surface area contributed by atoms with E-state index in [1.807, 2.05) is 30.3 Å². The lowest BCUT2D eigenvalue weighted by atomic mass is 9.49. The van der Waals surface area contributed by atoms with Gasteiger partial charge in [0.1, 0.15) is 11.5 Å². The maximum atomic E-state index is 5.88. The molecule has 0 amide bonds. The molecule has 2 nitrogen and oxygen atoms in total. The predicted molar refractivity (Wildman–Crippen MR) is 102 cm³/mol. The lowest BCUT2D eigenvalue weighted by Crippen LogP contribution is -2.49. The van der Waals surface area contributed by atoms with Gasteiger partial charge in [0.25, 0.3) is 0 Å². The highest BCUT2D eigenvalue weighted by Crippen LogP contribution is 2.59. The SMILES string of the molecule is c1ccc(Oc2ccc(NCC34CC5CC(CC(C5)C3)C4)cc2)cc1. The van der Waals surface area contributed by atoms with Gasteiger partial charge in [-0.15, -0.1) is 0 Å². The smallest absolute Gasteiger partial charge is 0.127 e. The predicted octanol–water partition coefficient (Wildman–Crippen LogP) is 6.11. The van der Waals surface area contributed by atoms with E-state index in [9.17, 15) is 0 Å². The van der Waals surface area contributed by atoms with Crippen molar-refractivity contribution in [3.8, 4) is 11.5 Å². The topological polar surface area (TPSA) is 21.3 Å². The van der Waals surface area contributed by atoms with Crippen LogP contribution in [0.15, 0.2) is 54.6 Å². The van der Waals surface area contributed by atoms with Gasteiger partial charge in [0, 0.05) is 12.2 Å².